The van der Waals surface area contributed by atoms with E-state index in [1.807, 2.05) is 55.3 Å². The zero-order valence-corrected chi connectivity index (χ0v) is 18.4. The average molecular weight is 437 g/mol. The molecule has 1 N–H and O–H groups in total. The van der Waals surface area contributed by atoms with Gasteiger partial charge in [-0.2, -0.15) is 5.10 Å². The molecule has 3 aromatic rings. The predicted molar refractivity (Wildman–Crippen MR) is 120 cm³/mol. The van der Waals surface area contributed by atoms with Crippen molar-refractivity contribution in [2.75, 3.05) is 6.54 Å². The molecule has 160 valence electrons. The monoisotopic (exact) mass is 436 g/mol. The summed E-state index contributed by atoms with van der Waals surface area (Å²) in [5, 5.41) is 8.03. The molecule has 0 radical (unpaired) electrons. The normalized spacial score (nSPS) is 13.1. The second-order valence-electron chi connectivity index (χ2n) is 7.93. The van der Waals surface area contributed by atoms with E-state index in [-0.39, 0.29) is 11.8 Å². The Labute approximate surface area is 186 Å². The molecule has 6 nitrogen and oxygen atoms in total. The number of nitrogens with zero attached hydrogens (tertiary/aromatic N) is 3. The van der Waals surface area contributed by atoms with Crippen molar-refractivity contribution in [3.05, 3.63) is 87.2 Å². The molecule has 0 saturated carbocycles. The molecule has 2 amide bonds. The Hall–Kier alpha value is -3.12. The first-order chi connectivity index (χ1) is 14.9. The van der Waals surface area contributed by atoms with Gasteiger partial charge in [0.15, 0.2) is 5.69 Å². The lowest BCUT2D eigenvalue weighted by atomic mass is 10.0. The van der Waals surface area contributed by atoms with Crippen molar-refractivity contribution in [1.82, 2.24) is 20.0 Å². The lowest BCUT2D eigenvalue weighted by Gasteiger charge is -2.27. The van der Waals surface area contributed by atoms with E-state index in [4.69, 9.17) is 11.6 Å². The van der Waals surface area contributed by atoms with Gasteiger partial charge >= 0.3 is 0 Å². The maximum atomic E-state index is 12.9. The Morgan fingerprint density at radius 2 is 1.74 bits per heavy atom. The molecule has 7 heteroatoms. The van der Waals surface area contributed by atoms with E-state index >= 15 is 0 Å². The van der Waals surface area contributed by atoms with Crippen LogP contribution in [-0.2, 0) is 37.8 Å². The third kappa shape index (κ3) is 4.80. The molecule has 0 unspecified atom stereocenters. The largest absolute Gasteiger partial charge is 0.347 e. The number of amides is 2. The quantitative estimate of drug-likeness (QED) is 0.666. The predicted octanol–water partition coefficient (Wildman–Crippen LogP) is 3.44. The zero-order chi connectivity index (χ0) is 22.0. The summed E-state index contributed by atoms with van der Waals surface area (Å²) >= 11 is 5.92. The fourth-order valence-electron chi connectivity index (χ4n) is 3.85. The Balaban J connectivity index is 1.45. The smallest absolute Gasteiger partial charge is 0.272 e. The van der Waals surface area contributed by atoms with Crippen LogP contribution in [0.25, 0.3) is 0 Å². The van der Waals surface area contributed by atoms with E-state index < -0.39 is 0 Å². The molecule has 0 saturated heterocycles. The van der Waals surface area contributed by atoms with Crippen LogP contribution >= 0.6 is 11.6 Å². The number of fused-ring (bicyclic) bond motifs is 1. The number of aromatic nitrogens is 2. The first kappa shape index (κ1) is 21.1. The highest BCUT2D eigenvalue weighted by atomic mass is 35.5. The van der Waals surface area contributed by atoms with Crippen LogP contribution in [0.1, 0.15) is 38.4 Å². The summed E-state index contributed by atoms with van der Waals surface area (Å²) in [5.74, 6) is -0.175. The second-order valence-corrected chi connectivity index (χ2v) is 8.37. The van der Waals surface area contributed by atoms with Crippen LogP contribution in [-0.4, -0.2) is 33.0 Å². The highest BCUT2D eigenvalue weighted by Gasteiger charge is 2.29. The molecule has 0 bridgehead atoms. The third-order valence-corrected chi connectivity index (χ3v) is 5.90. The van der Waals surface area contributed by atoms with Crippen LogP contribution in [0.4, 0.5) is 0 Å². The molecule has 31 heavy (non-hydrogen) atoms. The lowest BCUT2D eigenvalue weighted by molar-refractivity contribution is -0.131. The van der Waals surface area contributed by atoms with Gasteiger partial charge in [0, 0.05) is 49.4 Å². The van der Waals surface area contributed by atoms with Crippen LogP contribution in [0.5, 0.6) is 0 Å². The third-order valence-electron chi connectivity index (χ3n) is 5.65. The maximum Gasteiger partial charge on any atom is 0.272 e. The van der Waals surface area contributed by atoms with Gasteiger partial charge in [0.05, 0.1) is 6.42 Å². The zero-order valence-electron chi connectivity index (χ0n) is 17.7. The number of carbonyl (C=O) groups excluding carboxylic acids is 2. The summed E-state index contributed by atoms with van der Waals surface area (Å²) in [6, 6.07) is 15.4. The average Bonchev–Trinajstić information content (AvgIpc) is 3.10. The van der Waals surface area contributed by atoms with Crippen LogP contribution in [0, 0.1) is 6.92 Å². The van der Waals surface area contributed by atoms with Crippen molar-refractivity contribution >= 4 is 23.4 Å². The van der Waals surface area contributed by atoms with E-state index in [1.54, 1.807) is 16.8 Å². The Morgan fingerprint density at radius 1 is 1.06 bits per heavy atom. The van der Waals surface area contributed by atoms with Gasteiger partial charge in [-0.3, -0.25) is 14.3 Å². The van der Waals surface area contributed by atoms with Gasteiger partial charge < -0.3 is 10.2 Å². The molecular formula is C24H25ClN4O2. The lowest BCUT2D eigenvalue weighted by Crippen LogP contribution is -2.38. The molecule has 2 aromatic carbocycles. The number of hydrogen-bond acceptors (Lipinski definition) is 3. The topological polar surface area (TPSA) is 67.2 Å². The van der Waals surface area contributed by atoms with Gasteiger partial charge in [-0.1, -0.05) is 53.6 Å². The van der Waals surface area contributed by atoms with Crippen LogP contribution in [0.2, 0.25) is 5.02 Å². The maximum absolute atomic E-state index is 12.9. The number of rotatable bonds is 5. The fourth-order valence-corrected chi connectivity index (χ4v) is 3.97. The van der Waals surface area contributed by atoms with Crippen molar-refractivity contribution in [1.29, 1.82) is 0 Å². The second kappa shape index (κ2) is 8.94. The highest BCUT2D eigenvalue weighted by molar-refractivity contribution is 6.30. The van der Waals surface area contributed by atoms with Crippen molar-refractivity contribution < 1.29 is 9.59 Å². The molecule has 0 fully saturated rings. The van der Waals surface area contributed by atoms with E-state index in [9.17, 15) is 9.59 Å². The van der Waals surface area contributed by atoms with Gasteiger partial charge in [0.25, 0.3) is 5.91 Å². The van der Waals surface area contributed by atoms with Gasteiger partial charge in [-0.05, 0) is 30.2 Å². The van der Waals surface area contributed by atoms with Crippen molar-refractivity contribution in [2.24, 2.45) is 7.05 Å². The molecule has 4 rings (SSSR count). The van der Waals surface area contributed by atoms with E-state index in [0.29, 0.717) is 43.2 Å². The van der Waals surface area contributed by atoms with Crippen molar-refractivity contribution in [3.8, 4) is 0 Å². The summed E-state index contributed by atoms with van der Waals surface area (Å²) in [5.41, 5.74) is 5.35. The molecule has 1 aromatic heterocycles. The SMILES string of the molecule is Cc1ccc(CC(=O)N2CCc3c(c(C(=O)NCc4ccc(Cl)cc4)nn3C)C2)cc1. The van der Waals surface area contributed by atoms with Crippen LogP contribution in [0.15, 0.2) is 48.5 Å². The number of hydrogen-bond donors (Lipinski definition) is 1. The molecule has 2 heterocycles. The molecular weight excluding hydrogens is 412 g/mol. The summed E-state index contributed by atoms with van der Waals surface area (Å²) < 4.78 is 1.76. The van der Waals surface area contributed by atoms with Gasteiger partial charge in [-0.25, -0.2) is 0 Å². The number of aryl methyl sites for hydroxylation is 2. The molecule has 1 aliphatic heterocycles. The molecule has 0 spiro atoms. The minimum atomic E-state index is -0.236. The summed E-state index contributed by atoms with van der Waals surface area (Å²) in [6.07, 6.45) is 1.04. The van der Waals surface area contributed by atoms with E-state index in [0.717, 1.165) is 22.4 Å². The number of halogens is 1. The molecule has 0 atom stereocenters. The van der Waals surface area contributed by atoms with Crippen LogP contribution < -0.4 is 5.32 Å². The van der Waals surface area contributed by atoms with Gasteiger partial charge in [0.2, 0.25) is 5.91 Å². The number of carbonyl (C=O) groups is 2. The summed E-state index contributed by atoms with van der Waals surface area (Å²) in [7, 11) is 1.85. The Kier molecular flexibility index (Phi) is 6.09. The van der Waals surface area contributed by atoms with Gasteiger partial charge in [-0.15, -0.1) is 0 Å². The minimum absolute atomic E-state index is 0.0610. The summed E-state index contributed by atoms with van der Waals surface area (Å²) in [4.78, 5) is 27.5. The van der Waals surface area contributed by atoms with Crippen molar-refractivity contribution in [2.45, 2.75) is 32.9 Å². The minimum Gasteiger partial charge on any atom is -0.347 e. The van der Waals surface area contributed by atoms with Crippen molar-refractivity contribution in [3.63, 3.8) is 0 Å². The molecule has 1 aliphatic rings. The number of benzene rings is 2. The van der Waals surface area contributed by atoms with Crippen LogP contribution in [0.3, 0.4) is 0 Å². The standard InChI is InChI=1S/C24H25ClN4O2/c1-16-3-5-17(6-4-16)13-22(30)29-12-11-21-20(15-29)23(27-28(21)2)24(31)26-14-18-7-9-19(25)10-8-18/h3-10H,11-15H2,1-2H3,(H,26,31). The Bertz CT molecular complexity index is 1100. The molecule has 0 aliphatic carbocycles. The number of nitrogens with one attached hydrogen (secondary N) is 1. The van der Waals surface area contributed by atoms with Gasteiger partial charge in [0.1, 0.15) is 0 Å². The van der Waals surface area contributed by atoms with E-state index in [2.05, 4.69) is 10.4 Å². The fraction of sp³-hybridized carbons (Fsp3) is 0.292. The summed E-state index contributed by atoms with van der Waals surface area (Å²) in [6.45, 7) is 3.44. The van der Waals surface area contributed by atoms with E-state index in [1.165, 1.54) is 5.56 Å². The highest BCUT2D eigenvalue weighted by Crippen LogP contribution is 2.23. The Morgan fingerprint density at radius 3 is 2.45 bits per heavy atom. The first-order valence-electron chi connectivity index (χ1n) is 10.3. The first-order valence-corrected chi connectivity index (χ1v) is 10.7.